The fourth-order valence-corrected chi connectivity index (χ4v) is 3.94. The predicted octanol–water partition coefficient (Wildman–Crippen LogP) is 2.07. The molecule has 2 heterocycles. The summed E-state index contributed by atoms with van der Waals surface area (Å²) in [4.78, 5) is 43.9. The minimum Gasteiger partial charge on any atom is -0.383 e. The molecular formula is C25H26FN5O4. The van der Waals surface area contributed by atoms with Gasteiger partial charge in [-0.2, -0.15) is 0 Å². The maximum absolute atomic E-state index is 13.6. The van der Waals surface area contributed by atoms with Gasteiger partial charge in [-0.1, -0.05) is 42.5 Å². The van der Waals surface area contributed by atoms with Gasteiger partial charge in [0.15, 0.2) is 11.2 Å². The number of carbonyl (C=O) groups is 1. The summed E-state index contributed by atoms with van der Waals surface area (Å²) in [6, 6.07) is 14.7. The minimum atomic E-state index is -0.642. The van der Waals surface area contributed by atoms with E-state index < -0.39 is 35.6 Å². The second-order valence-electron chi connectivity index (χ2n) is 8.19. The van der Waals surface area contributed by atoms with Crippen LogP contribution >= 0.6 is 0 Å². The highest BCUT2D eigenvalue weighted by molar-refractivity contribution is 5.77. The lowest BCUT2D eigenvalue weighted by molar-refractivity contribution is -0.122. The van der Waals surface area contributed by atoms with E-state index >= 15 is 0 Å². The lowest BCUT2D eigenvalue weighted by Crippen LogP contribution is -2.44. The molecule has 0 aliphatic heterocycles. The first-order valence-electron chi connectivity index (χ1n) is 11.1. The third-order valence-corrected chi connectivity index (χ3v) is 5.73. The number of rotatable bonds is 9. The van der Waals surface area contributed by atoms with Crippen LogP contribution in [0.15, 0.2) is 70.5 Å². The fourth-order valence-electron chi connectivity index (χ4n) is 3.94. The first-order chi connectivity index (χ1) is 16.9. The summed E-state index contributed by atoms with van der Waals surface area (Å²) in [5, 5.41) is 2.73. The largest absolute Gasteiger partial charge is 0.383 e. The van der Waals surface area contributed by atoms with Crippen molar-refractivity contribution in [1.29, 1.82) is 0 Å². The molecule has 182 valence electrons. The maximum atomic E-state index is 13.6. The summed E-state index contributed by atoms with van der Waals surface area (Å²) >= 11 is 0. The van der Waals surface area contributed by atoms with Crippen molar-refractivity contribution in [3.63, 3.8) is 0 Å². The van der Waals surface area contributed by atoms with Gasteiger partial charge in [-0.3, -0.25) is 14.2 Å². The zero-order valence-corrected chi connectivity index (χ0v) is 19.5. The number of carbonyl (C=O) groups excluding carboxylic acids is 1. The Morgan fingerprint density at radius 3 is 2.60 bits per heavy atom. The van der Waals surface area contributed by atoms with Crippen LogP contribution in [0.25, 0.3) is 11.2 Å². The zero-order valence-electron chi connectivity index (χ0n) is 19.5. The van der Waals surface area contributed by atoms with E-state index in [0.29, 0.717) is 18.7 Å². The Kier molecular flexibility index (Phi) is 7.21. The van der Waals surface area contributed by atoms with Crippen molar-refractivity contribution in [3.05, 3.63) is 98.7 Å². The smallest absolute Gasteiger partial charge is 0.333 e. The van der Waals surface area contributed by atoms with Crippen LogP contribution in [-0.2, 0) is 29.2 Å². The molecule has 0 saturated heterocycles. The Balaban J connectivity index is 1.72. The average Bonchev–Trinajstić information content (AvgIpc) is 3.27. The Labute approximate surface area is 200 Å². The van der Waals surface area contributed by atoms with Crippen molar-refractivity contribution in [1.82, 2.24) is 24.0 Å². The molecule has 0 saturated carbocycles. The van der Waals surface area contributed by atoms with E-state index in [0.717, 1.165) is 10.1 Å². The first-order valence-corrected chi connectivity index (χ1v) is 11.1. The van der Waals surface area contributed by atoms with Gasteiger partial charge in [0, 0.05) is 13.7 Å². The number of hydrogen-bond acceptors (Lipinski definition) is 5. The lowest BCUT2D eigenvalue weighted by atomic mass is 10.1. The number of imidazole rings is 1. The topological polar surface area (TPSA) is 100 Å². The number of benzene rings is 2. The van der Waals surface area contributed by atoms with Crippen LogP contribution in [0.1, 0.15) is 24.1 Å². The molecule has 0 bridgehead atoms. The number of amides is 1. The first kappa shape index (κ1) is 24.1. The summed E-state index contributed by atoms with van der Waals surface area (Å²) in [7, 11) is 1.55. The third kappa shape index (κ3) is 5.22. The van der Waals surface area contributed by atoms with E-state index in [2.05, 4.69) is 10.3 Å². The van der Waals surface area contributed by atoms with Crippen LogP contribution in [0.4, 0.5) is 4.39 Å². The van der Waals surface area contributed by atoms with Crippen molar-refractivity contribution >= 4 is 17.1 Å². The molecule has 2 aromatic carbocycles. The van der Waals surface area contributed by atoms with Gasteiger partial charge in [-0.05, 0) is 30.2 Å². The summed E-state index contributed by atoms with van der Waals surface area (Å²) in [5.41, 5.74) is 0.610. The SMILES string of the molecule is COCCn1cnc2c1c(=O)n(CC(=O)NC(C)c1cccc(F)c1)c(=O)n2Cc1ccccc1. The molecule has 1 amide bonds. The molecule has 1 atom stereocenters. The maximum Gasteiger partial charge on any atom is 0.333 e. The number of hydrogen-bond donors (Lipinski definition) is 1. The molecule has 1 unspecified atom stereocenters. The second-order valence-corrected chi connectivity index (χ2v) is 8.19. The van der Waals surface area contributed by atoms with Crippen LogP contribution in [0.5, 0.6) is 0 Å². The predicted molar refractivity (Wildman–Crippen MR) is 129 cm³/mol. The lowest BCUT2D eigenvalue weighted by Gasteiger charge is -2.16. The number of ether oxygens (including phenoxy) is 1. The van der Waals surface area contributed by atoms with Crippen molar-refractivity contribution in [3.8, 4) is 0 Å². The Morgan fingerprint density at radius 2 is 1.89 bits per heavy atom. The minimum absolute atomic E-state index is 0.180. The molecule has 2 aromatic heterocycles. The van der Waals surface area contributed by atoms with Gasteiger partial charge >= 0.3 is 5.69 Å². The molecule has 9 nitrogen and oxygen atoms in total. The third-order valence-electron chi connectivity index (χ3n) is 5.73. The van der Waals surface area contributed by atoms with Gasteiger partial charge in [-0.15, -0.1) is 0 Å². The molecule has 0 aliphatic rings. The highest BCUT2D eigenvalue weighted by atomic mass is 19.1. The quantitative estimate of drug-likeness (QED) is 0.396. The van der Waals surface area contributed by atoms with Crippen LogP contribution in [0.3, 0.4) is 0 Å². The van der Waals surface area contributed by atoms with E-state index in [1.807, 2.05) is 30.3 Å². The zero-order chi connectivity index (χ0) is 24.9. The molecule has 4 rings (SSSR count). The van der Waals surface area contributed by atoms with Crippen LogP contribution in [-0.4, -0.2) is 38.3 Å². The molecule has 35 heavy (non-hydrogen) atoms. The molecule has 4 aromatic rings. The van der Waals surface area contributed by atoms with Gasteiger partial charge < -0.3 is 14.6 Å². The number of fused-ring (bicyclic) bond motifs is 1. The van der Waals surface area contributed by atoms with Gasteiger partial charge in [-0.25, -0.2) is 18.7 Å². The number of aromatic nitrogens is 4. The highest BCUT2D eigenvalue weighted by Gasteiger charge is 2.21. The number of halogens is 1. The standard InChI is InChI=1S/C25H26FN5O4/c1-17(19-9-6-10-20(26)13-19)28-21(32)15-31-24(33)22-23(27-16-29(22)11-12-35-2)30(25(31)34)14-18-7-4-3-5-8-18/h3-10,13,16-17H,11-12,14-15H2,1-2H3,(H,28,32). The van der Waals surface area contributed by atoms with E-state index in [1.54, 1.807) is 30.7 Å². The Morgan fingerprint density at radius 1 is 1.11 bits per heavy atom. The fraction of sp³-hybridized carbons (Fsp3) is 0.280. The van der Waals surface area contributed by atoms with Gasteiger partial charge in [0.25, 0.3) is 5.56 Å². The van der Waals surface area contributed by atoms with Crippen molar-refractivity contribution in [2.24, 2.45) is 0 Å². The molecular weight excluding hydrogens is 453 g/mol. The van der Waals surface area contributed by atoms with E-state index in [4.69, 9.17) is 4.74 Å². The van der Waals surface area contributed by atoms with E-state index in [1.165, 1.54) is 23.0 Å². The number of nitrogens with one attached hydrogen (secondary N) is 1. The average molecular weight is 480 g/mol. The van der Waals surface area contributed by atoms with E-state index in [-0.39, 0.29) is 17.7 Å². The molecule has 1 N–H and O–H groups in total. The summed E-state index contributed by atoms with van der Waals surface area (Å²) in [6.07, 6.45) is 1.49. The van der Waals surface area contributed by atoms with Crippen LogP contribution < -0.4 is 16.6 Å². The second kappa shape index (κ2) is 10.5. The molecule has 10 heteroatoms. The molecule has 0 radical (unpaired) electrons. The number of methoxy groups -OCH3 is 1. The molecule has 0 spiro atoms. The summed E-state index contributed by atoms with van der Waals surface area (Å²) < 4.78 is 22.6. The summed E-state index contributed by atoms with van der Waals surface area (Å²) in [5.74, 6) is -0.965. The van der Waals surface area contributed by atoms with Crippen LogP contribution in [0, 0.1) is 5.82 Å². The van der Waals surface area contributed by atoms with Crippen molar-refractivity contribution in [2.45, 2.75) is 32.6 Å². The number of nitrogens with zero attached hydrogens (tertiary/aromatic N) is 4. The van der Waals surface area contributed by atoms with E-state index in [9.17, 15) is 18.8 Å². The van der Waals surface area contributed by atoms with Gasteiger partial charge in [0.1, 0.15) is 12.4 Å². The summed E-state index contributed by atoms with van der Waals surface area (Å²) in [6.45, 7) is 2.09. The normalized spacial score (nSPS) is 12.1. The van der Waals surface area contributed by atoms with Gasteiger partial charge in [0.2, 0.25) is 5.91 Å². The Hall–Kier alpha value is -4.05. The van der Waals surface area contributed by atoms with Gasteiger partial charge in [0.05, 0.1) is 25.5 Å². The van der Waals surface area contributed by atoms with Crippen LogP contribution in [0.2, 0.25) is 0 Å². The van der Waals surface area contributed by atoms with Crippen molar-refractivity contribution in [2.75, 3.05) is 13.7 Å². The Bertz CT molecular complexity index is 1460. The monoisotopic (exact) mass is 479 g/mol. The molecule has 0 fully saturated rings. The highest BCUT2D eigenvalue weighted by Crippen LogP contribution is 2.14. The molecule has 0 aliphatic carbocycles. The van der Waals surface area contributed by atoms with Crippen molar-refractivity contribution < 1.29 is 13.9 Å².